The van der Waals surface area contributed by atoms with E-state index in [1.165, 1.54) is 0 Å². The van der Waals surface area contributed by atoms with Crippen LogP contribution in [0.15, 0.2) is 103 Å². The molecule has 4 aromatic carbocycles. The van der Waals surface area contributed by atoms with Crippen LogP contribution in [0.1, 0.15) is 11.4 Å². The molecule has 9 rings (SSSR count). The van der Waals surface area contributed by atoms with Crippen LogP contribution in [0.5, 0.6) is 11.5 Å². The summed E-state index contributed by atoms with van der Waals surface area (Å²) in [6.45, 7) is 4.12. The van der Waals surface area contributed by atoms with Crippen molar-refractivity contribution in [3.63, 3.8) is 0 Å². The fourth-order valence-corrected chi connectivity index (χ4v) is 6.22. The van der Waals surface area contributed by atoms with Gasteiger partial charge in [0.1, 0.15) is 0 Å². The molecule has 0 saturated carbocycles. The molecule has 0 aliphatic carbocycles. The first-order valence-electron chi connectivity index (χ1n) is 14.2. The number of para-hydroxylation sites is 1. The van der Waals surface area contributed by atoms with Crippen LogP contribution in [-0.4, -0.2) is 23.8 Å². The molecule has 0 fully saturated rings. The quantitative estimate of drug-likeness (QED) is 0.134. The van der Waals surface area contributed by atoms with Crippen molar-refractivity contribution in [3.05, 3.63) is 127 Å². The maximum atomic E-state index is 6.44. The van der Waals surface area contributed by atoms with E-state index >= 15 is 0 Å². The van der Waals surface area contributed by atoms with Gasteiger partial charge in [0.15, 0.2) is 0 Å². The maximum absolute atomic E-state index is 6.44. The minimum absolute atomic E-state index is 0. The molecule has 0 radical (unpaired) electrons. The number of hydrogen-bond donors (Lipinski definition) is 0. The van der Waals surface area contributed by atoms with E-state index in [2.05, 4.69) is 82.6 Å². The van der Waals surface area contributed by atoms with Crippen LogP contribution in [0.3, 0.4) is 0 Å². The molecule has 0 aliphatic heterocycles. The summed E-state index contributed by atoms with van der Waals surface area (Å²) >= 11 is 0. The van der Waals surface area contributed by atoms with Gasteiger partial charge in [-0.2, -0.15) is 0 Å². The Morgan fingerprint density at radius 2 is 1.36 bits per heavy atom. The first-order chi connectivity index (χ1) is 21.1. The Morgan fingerprint density at radius 3 is 2.18 bits per heavy atom. The topological polar surface area (TPSA) is 56.7 Å². The Kier molecular flexibility index (Phi) is 6.04. The number of ether oxygens (including phenoxy) is 1. The van der Waals surface area contributed by atoms with E-state index in [0.29, 0.717) is 11.5 Å². The van der Waals surface area contributed by atoms with Gasteiger partial charge in [-0.1, -0.05) is 94.3 Å². The average Bonchev–Trinajstić information content (AvgIpc) is 3.64. The Labute approximate surface area is 266 Å². The van der Waals surface area contributed by atoms with Crippen molar-refractivity contribution in [1.82, 2.24) is 23.8 Å². The molecular weight excluding hydrogens is 726 g/mol. The molecule has 0 N–H and O–H groups in total. The number of aromatic nitrogens is 5. The molecule has 0 aliphatic rings. The van der Waals surface area contributed by atoms with Crippen LogP contribution in [-0.2, 0) is 21.1 Å². The van der Waals surface area contributed by atoms with E-state index < -0.39 is 0 Å². The van der Waals surface area contributed by atoms with Crippen molar-refractivity contribution < 1.29 is 25.8 Å². The molecule has 0 spiro atoms. The van der Waals surface area contributed by atoms with Crippen molar-refractivity contribution in [2.75, 3.05) is 0 Å². The Hall–Kier alpha value is -5.06. The fraction of sp³-hybridized carbons (Fsp3) is 0.0541. The summed E-state index contributed by atoms with van der Waals surface area (Å²) in [5, 5.41) is 4.97. The van der Waals surface area contributed by atoms with Gasteiger partial charge in [-0.05, 0) is 37.4 Å². The summed E-state index contributed by atoms with van der Waals surface area (Å²) in [6.07, 6.45) is 3.92. The van der Waals surface area contributed by atoms with Gasteiger partial charge in [0.2, 0.25) is 0 Å². The van der Waals surface area contributed by atoms with Crippen molar-refractivity contribution in [3.8, 4) is 22.8 Å². The third-order valence-electron chi connectivity index (χ3n) is 8.36. The second kappa shape index (κ2) is 10.0. The molecule has 212 valence electrons. The predicted molar refractivity (Wildman–Crippen MR) is 171 cm³/mol. The summed E-state index contributed by atoms with van der Waals surface area (Å²) in [4.78, 5) is 14.7. The second-order valence-corrected chi connectivity index (χ2v) is 10.8. The number of fused-ring (bicyclic) bond motifs is 12. The number of pyridine rings is 3. The van der Waals surface area contributed by atoms with Crippen LogP contribution < -0.4 is 4.74 Å². The zero-order valence-electron chi connectivity index (χ0n) is 23.8. The molecular formula is C37H23N5OPt. The molecule has 0 saturated heterocycles. The summed E-state index contributed by atoms with van der Waals surface area (Å²) in [7, 11) is 0. The number of benzene rings is 4. The number of imidazole rings is 2. The van der Waals surface area contributed by atoms with Crippen molar-refractivity contribution in [2.24, 2.45) is 0 Å². The molecule has 5 heterocycles. The van der Waals surface area contributed by atoms with Crippen LogP contribution in [0.4, 0.5) is 0 Å². The number of aryl methyl sites for hydroxylation is 2. The zero-order valence-corrected chi connectivity index (χ0v) is 26.0. The van der Waals surface area contributed by atoms with E-state index in [9.17, 15) is 0 Å². The standard InChI is InChI=1S/C37H23N5O.Pt/c1-22-23(2)42-34-13-8-18-38-35(34)29-17-15-26(20-31(29)37(42)39-22)43-25-14-16-27-28-11-6-7-12-33(28)41-21-32(24-9-4-3-5-10-24)40-36(41)30(27)19-25;/h3-18,21H,1-2H3;/q-2;+2. The van der Waals surface area contributed by atoms with E-state index in [4.69, 9.17) is 19.7 Å². The molecule has 0 bridgehead atoms. The monoisotopic (exact) mass is 748 g/mol. The third kappa shape index (κ3) is 3.88. The maximum Gasteiger partial charge on any atom is 2.00 e. The molecule has 6 nitrogen and oxygen atoms in total. The summed E-state index contributed by atoms with van der Waals surface area (Å²) in [5.74, 6) is 1.18. The van der Waals surface area contributed by atoms with Gasteiger partial charge in [-0.25, -0.2) is 0 Å². The minimum Gasteiger partial charge on any atom is -0.497 e. The van der Waals surface area contributed by atoms with Gasteiger partial charge in [0.05, 0.1) is 28.0 Å². The van der Waals surface area contributed by atoms with Gasteiger partial charge >= 0.3 is 21.1 Å². The first-order valence-corrected chi connectivity index (χ1v) is 14.2. The van der Waals surface area contributed by atoms with Crippen molar-refractivity contribution in [1.29, 1.82) is 0 Å². The van der Waals surface area contributed by atoms with E-state index in [-0.39, 0.29) is 21.1 Å². The number of rotatable bonds is 3. The SMILES string of the molecule is Cc1nc2c3[c-]c(Oc4[c-]c5c(cc4)c4ccccc4n4cc(-c6ccccc6)nc54)ccc3c3ncccc3n2c1C.[Pt+2]. The smallest absolute Gasteiger partial charge is 0.497 e. The summed E-state index contributed by atoms with van der Waals surface area (Å²) in [6, 6.07) is 37.8. The van der Waals surface area contributed by atoms with Crippen molar-refractivity contribution in [2.45, 2.75) is 13.8 Å². The average molecular weight is 749 g/mol. The Bertz CT molecular complexity index is 2570. The van der Waals surface area contributed by atoms with Gasteiger partial charge in [0.25, 0.3) is 0 Å². The third-order valence-corrected chi connectivity index (χ3v) is 8.36. The fourth-order valence-electron chi connectivity index (χ4n) is 6.22. The second-order valence-electron chi connectivity index (χ2n) is 10.8. The van der Waals surface area contributed by atoms with Crippen LogP contribution in [0, 0.1) is 26.0 Å². The molecule has 0 atom stereocenters. The summed E-state index contributed by atoms with van der Waals surface area (Å²) < 4.78 is 10.8. The molecule has 5 aromatic heterocycles. The Balaban J connectivity index is 0.00000289. The number of hydrogen-bond acceptors (Lipinski definition) is 4. The van der Waals surface area contributed by atoms with E-state index in [0.717, 1.165) is 77.4 Å². The minimum atomic E-state index is 0. The van der Waals surface area contributed by atoms with Crippen LogP contribution in [0.2, 0.25) is 0 Å². The zero-order chi connectivity index (χ0) is 28.7. The number of nitrogens with zero attached hydrogens (tertiary/aromatic N) is 5. The van der Waals surface area contributed by atoms with Gasteiger partial charge in [-0.3, -0.25) is 15.0 Å². The van der Waals surface area contributed by atoms with Crippen molar-refractivity contribution >= 4 is 54.8 Å². The van der Waals surface area contributed by atoms with Crippen LogP contribution in [0.25, 0.3) is 66.0 Å². The first kappa shape index (κ1) is 26.6. The predicted octanol–water partition coefficient (Wildman–Crippen LogP) is 8.66. The molecule has 44 heavy (non-hydrogen) atoms. The normalized spacial score (nSPS) is 11.7. The van der Waals surface area contributed by atoms with Gasteiger partial charge in [0, 0.05) is 46.4 Å². The molecule has 9 aromatic rings. The van der Waals surface area contributed by atoms with Gasteiger partial charge in [-0.15, -0.1) is 12.1 Å². The molecule has 7 heteroatoms. The van der Waals surface area contributed by atoms with Gasteiger partial charge < -0.3 is 13.5 Å². The molecule has 0 amide bonds. The van der Waals surface area contributed by atoms with E-state index in [1.807, 2.05) is 55.6 Å². The van der Waals surface area contributed by atoms with E-state index in [1.54, 1.807) is 0 Å². The van der Waals surface area contributed by atoms with Crippen LogP contribution >= 0.6 is 0 Å². The Morgan fingerprint density at radius 1 is 0.659 bits per heavy atom. The summed E-state index contributed by atoms with van der Waals surface area (Å²) in [5.41, 5.74) is 8.76. The largest absolute Gasteiger partial charge is 2.00 e. The molecule has 0 unspecified atom stereocenters.